The van der Waals surface area contributed by atoms with Gasteiger partial charge < -0.3 is 15.2 Å². The van der Waals surface area contributed by atoms with E-state index < -0.39 is 22.9 Å². The predicted octanol–water partition coefficient (Wildman–Crippen LogP) is -0.828. The molecule has 12 heteroatoms. The standard InChI is InChI=1S/C17H18F2N6O4/c1-24-15(27)13-14(22-23-16(21-13)29-7-5-20-4-6-26)25(17(24)28)9-10-2-3-11(18)12(19)8-10/h2-3,8,20,26H,4-7,9H2,1H3. The fraction of sp³-hybridized carbons (Fsp3) is 0.353. The Morgan fingerprint density at radius 2 is 1.97 bits per heavy atom. The summed E-state index contributed by atoms with van der Waals surface area (Å²) in [6, 6.07) is 3.06. The van der Waals surface area contributed by atoms with Crippen LogP contribution in [0.1, 0.15) is 5.56 Å². The molecule has 0 aliphatic heterocycles. The van der Waals surface area contributed by atoms with Gasteiger partial charge >= 0.3 is 11.7 Å². The van der Waals surface area contributed by atoms with Crippen LogP contribution in [0.3, 0.4) is 0 Å². The Morgan fingerprint density at radius 3 is 2.69 bits per heavy atom. The summed E-state index contributed by atoms with van der Waals surface area (Å²) in [4.78, 5) is 29.0. The molecule has 10 nitrogen and oxygen atoms in total. The third kappa shape index (κ3) is 4.43. The van der Waals surface area contributed by atoms with Crippen molar-refractivity contribution in [2.45, 2.75) is 6.54 Å². The van der Waals surface area contributed by atoms with Gasteiger partial charge in [0.1, 0.15) is 6.61 Å². The van der Waals surface area contributed by atoms with Gasteiger partial charge in [-0.05, 0) is 17.7 Å². The summed E-state index contributed by atoms with van der Waals surface area (Å²) in [5, 5.41) is 19.2. The molecular formula is C17H18F2N6O4. The van der Waals surface area contributed by atoms with E-state index >= 15 is 0 Å². The molecule has 0 saturated heterocycles. The molecule has 0 atom stereocenters. The van der Waals surface area contributed by atoms with Crippen molar-refractivity contribution in [1.29, 1.82) is 0 Å². The van der Waals surface area contributed by atoms with Crippen LogP contribution in [0.25, 0.3) is 11.2 Å². The van der Waals surface area contributed by atoms with Crippen molar-refractivity contribution < 1.29 is 18.6 Å². The molecule has 0 radical (unpaired) electrons. The number of benzene rings is 1. The Bertz CT molecular complexity index is 1150. The lowest BCUT2D eigenvalue weighted by Gasteiger charge is -2.11. The van der Waals surface area contributed by atoms with Gasteiger partial charge in [0.2, 0.25) is 0 Å². The maximum atomic E-state index is 13.5. The van der Waals surface area contributed by atoms with Gasteiger partial charge in [0.05, 0.1) is 13.2 Å². The average Bonchev–Trinajstić information content (AvgIpc) is 2.72. The molecule has 29 heavy (non-hydrogen) atoms. The lowest BCUT2D eigenvalue weighted by Crippen LogP contribution is -2.39. The van der Waals surface area contributed by atoms with Gasteiger partial charge in [0, 0.05) is 20.1 Å². The average molecular weight is 408 g/mol. The number of fused-ring (bicyclic) bond motifs is 1. The molecule has 3 rings (SSSR count). The Kier molecular flexibility index (Phi) is 6.24. The fourth-order valence-electron chi connectivity index (χ4n) is 2.59. The molecule has 0 amide bonds. The second kappa shape index (κ2) is 8.84. The smallest absolute Gasteiger partial charge is 0.336 e. The number of nitrogens with one attached hydrogen (secondary N) is 1. The molecule has 0 fully saturated rings. The van der Waals surface area contributed by atoms with Crippen LogP contribution in [0.4, 0.5) is 8.78 Å². The van der Waals surface area contributed by atoms with Gasteiger partial charge in [-0.15, -0.1) is 5.10 Å². The Balaban J connectivity index is 1.96. The van der Waals surface area contributed by atoms with E-state index in [0.717, 1.165) is 21.3 Å². The number of ether oxygens (including phenoxy) is 1. The van der Waals surface area contributed by atoms with Crippen molar-refractivity contribution in [3.05, 3.63) is 56.2 Å². The first kappa shape index (κ1) is 20.5. The van der Waals surface area contributed by atoms with Crippen molar-refractivity contribution in [3.63, 3.8) is 0 Å². The molecule has 3 aromatic rings. The van der Waals surface area contributed by atoms with Crippen molar-refractivity contribution in [2.75, 3.05) is 26.3 Å². The maximum Gasteiger partial charge on any atom is 0.336 e. The van der Waals surface area contributed by atoms with Gasteiger partial charge in [0.25, 0.3) is 5.56 Å². The van der Waals surface area contributed by atoms with Crippen LogP contribution >= 0.6 is 0 Å². The second-order valence-electron chi connectivity index (χ2n) is 6.07. The van der Waals surface area contributed by atoms with E-state index in [2.05, 4.69) is 20.5 Å². The van der Waals surface area contributed by atoms with Crippen molar-refractivity contribution in [2.24, 2.45) is 7.05 Å². The fourth-order valence-corrected chi connectivity index (χ4v) is 2.59. The zero-order chi connectivity index (χ0) is 21.0. The largest absolute Gasteiger partial charge is 0.461 e. The summed E-state index contributed by atoms with van der Waals surface area (Å²) in [6.45, 7) is 0.802. The number of hydrogen-bond acceptors (Lipinski definition) is 8. The molecule has 0 saturated carbocycles. The van der Waals surface area contributed by atoms with Gasteiger partial charge in [0.15, 0.2) is 22.8 Å². The van der Waals surface area contributed by atoms with Crippen LogP contribution in [0, 0.1) is 11.6 Å². The van der Waals surface area contributed by atoms with Crippen LogP contribution in [-0.2, 0) is 13.6 Å². The number of aliphatic hydroxyl groups excluding tert-OH is 1. The lowest BCUT2D eigenvalue weighted by molar-refractivity contribution is 0.266. The molecule has 0 aliphatic rings. The summed E-state index contributed by atoms with van der Waals surface area (Å²) < 4.78 is 33.9. The number of hydrogen-bond donors (Lipinski definition) is 2. The van der Waals surface area contributed by atoms with E-state index in [-0.39, 0.29) is 36.9 Å². The molecular weight excluding hydrogens is 390 g/mol. The van der Waals surface area contributed by atoms with Crippen LogP contribution in [0.2, 0.25) is 0 Å². The first-order valence-corrected chi connectivity index (χ1v) is 8.65. The van der Waals surface area contributed by atoms with Crippen LogP contribution in [-0.4, -0.2) is 55.7 Å². The normalized spacial score (nSPS) is 11.2. The van der Waals surface area contributed by atoms with E-state index in [1.165, 1.54) is 13.1 Å². The Hall–Kier alpha value is -3.25. The first-order valence-electron chi connectivity index (χ1n) is 8.65. The Morgan fingerprint density at radius 1 is 1.17 bits per heavy atom. The quantitative estimate of drug-likeness (QED) is 0.463. The minimum absolute atomic E-state index is 0.0143. The zero-order valence-corrected chi connectivity index (χ0v) is 15.4. The summed E-state index contributed by atoms with van der Waals surface area (Å²) in [5.41, 5.74) is -1.35. The highest BCUT2D eigenvalue weighted by atomic mass is 19.2. The zero-order valence-electron chi connectivity index (χ0n) is 15.4. The molecule has 0 aliphatic carbocycles. The molecule has 0 unspecified atom stereocenters. The van der Waals surface area contributed by atoms with Crippen LogP contribution < -0.4 is 21.3 Å². The minimum Gasteiger partial charge on any atom is -0.461 e. The van der Waals surface area contributed by atoms with Crippen molar-refractivity contribution in [3.8, 4) is 6.01 Å². The third-order valence-electron chi connectivity index (χ3n) is 4.05. The van der Waals surface area contributed by atoms with Crippen LogP contribution in [0.15, 0.2) is 27.8 Å². The predicted molar refractivity (Wildman–Crippen MR) is 97.7 cm³/mol. The van der Waals surface area contributed by atoms with Crippen molar-refractivity contribution >= 4 is 11.2 Å². The van der Waals surface area contributed by atoms with Gasteiger partial charge in [-0.3, -0.25) is 13.9 Å². The van der Waals surface area contributed by atoms with Gasteiger partial charge in [-0.2, -0.15) is 4.98 Å². The molecule has 1 aromatic carbocycles. The summed E-state index contributed by atoms with van der Waals surface area (Å²) in [5.74, 6) is -2.07. The van der Waals surface area contributed by atoms with Crippen LogP contribution in [0.5, 0.6) is 6.01 Å². The van der Waals surface area contributed by atoms with Gasteiger partial charge in [-0.1, -0.05) is 11.2 Å². The lowest BCUT2D eigenvalue weighted by atomic mass is 10.2. The van der Waals surface area contributed by atoms with E-state index in [1.807, 2.05) is 0 Å². The molecule has 2 aromatic heterocycles. The summed E-state index contributed by atoms with van der Waals surface area (Å²) in [7, 11) is 1.27. The highest BCUT2D eigenvalue weighted by Gasteiger charge is 2.16. The van der Waals surface area contributed by atoms with Gasteiger partial charge in [-0.25, -0.2) is 13.6 Å². The van der Waals surface area contributed by atoms with E-state index in [0.29, 0.717) is 18.7 Å². The third-order valence-corrected chi connectivity index (χ3v) is 4.05. The van der Waals surface area contributed by atoms with E-state index in [4.69, 9.17) is 9.84 Å². The highest BCUT2D eigenvalue weighted by molar-refractivity contribution is 5.68. The first-order chi connectivity index (χ1) is 13.9. The summed E-state index contributed by atoms with van der Waals surface area (Å²) >= 11 is 0. The number of aromatic nitrogens is 5. The molecule has 0 bridgehead atoms. The Labute approximate surface area is 162 Å². The second-order valence-corrected chi connectivity index (χ2v) is 6.07. The van der Waals surface area contributed by atoms with Crippen molar-refractivity contribution in [1.82, 2.24) is 29.6 Å². The minimum atomic E-state index is -1.06. The number of aliphatic hydroxyl groups is 1. The summed E-state index contributed by atoms with van der Waals surface area (Å²) in [6.07, 6.45) is 0. The molecule has 154 valence electrons. The molecule has 2 heterocycles. The van der Waals surface area contributed by atoms with E-state index in [9.17, 15) is 18.4 Å². The topological polar surface area (TPSA) is 124 Å². The number of nitrogens with zero attached hydrogens (tertiary/aromatic N) is 5. The van der Waals surface area contributed by atoms with E-state index in [1.54, 1.807) is 0 Å². The number of rotatable bonds is 8. The highest BCUT2D eigenvalue weighted by Crippen LogP contribution is 2.12. The molecule has 0 spiro atoms. The molecule has 2 N–H and O–H groups in total. The number of halogens is 2. The monoisotopic (exact) mass is 408 g/mol. The SMILES string of the molecule is Cn1c(=O)c2nc(OCCNCCO)nnc2n(Cc2ccc(F)c(F)c2)c1=O. The maximum absolute atomic E-state index is 13.5.